The Labute approximate surface area is 97.5 Å². The summed E-state index contributed by atoms with van der Waals surface area (Å²) in [6.07, 6.45) is 4.42. The minimum atomic E-state index is 0.207. The highest BCUT2D eigenvalue weighted by atomic mass is 15.3. The molecule has 0 amide bonds. The molecule has 1 aliphatic rings. The summed E-state index contributed by atoms with van der Waals surface area (Å²) in [6, 6.07) is 0. The van der Waals surface area contributed by atoms with E-state index in [0.29, 0.717) is 0 Å². The van der Waals surface area contributed by atoms with Crippen LogP contribution in [-0.4, -0.2) is 27.9 Å². The van der Waals surface area contributed by atoms with Gasteiger partial charge in [0.2, 0.25) is 0 Å². The summed E-state index contributed by atoms with van der Waals surface area (Å²) in [4.78, 5) is 4.72. The molecule has 1 fully saturated rings. The minimum Gasteiger partial charge on any atom is -0.317 e. The van der Waals surface area contributed by atoms with Crippen LogP contribution in [0, 0.1) is 0 Å². The second kappa shape index (κ2) is 4.53. The lowest BCUT2D eigenvalue weighted by atomic mass is 9.80. The molecule has 1 aromatic heterocycles. The van der Waals surface area contributed by atoms with Crippen LogP contribution in [0.3, 0.4) is 0 Å². The van der Waals surface area contributed by atoms with E-state index in [9.17, 15) is 0 Å². The Kier molecular flexibility index (Phi) is 3.28. The van der Waals surface area contributed by atoms with Crippen LogP contribution in [0.1, 0.15) is 44.8 Å². The van der Waals surface area contributed by atoms with E-state index in [-0.39, 0.29) is 5.41 Å². The van der Waals surface area contributed by atoms with Crippen molar-refractivity contribution in [2.24, 2.45) is 7.05 Å². The van der Waals surface area contributed by atoms with Crippen molar-refractivity contribution >= 4 is 0 Å². The standard InChI is InChI=1S/C12H22N4/c1-4-5-10-14-11(16(3)15-10)12(2)6-8-13-9-7-12/h13H,4-9H2,1-3H3. The highest BCUT2D eigenvalue weighted by molar-refractivity contribution is 5.10. The molecule has 0 saturated carbocycles. The van der Waals surface area contributed by atoms with Gasteiger partial charge in [-0.2, -0.15) is 5.10 Å². The molecule has 1 saturated heterocycles. The topological polar surface area (TPSA) is 42.7 Å². The number of piperidine rings is 1. The van der Waals surface area contributed by atoms with E-state index in [1.54, 1.807) is 0 Å². The largest absolute Gasteiger partial charge is 0.317 e. The summed E-state index contributed by atoms with van der Waals surface area (Å²) in [5, 5.41) is 7.91. The fourth-order valence-electron chi connectivity index (χ4n) is 2.49. The van der Waals surface area contributed by atoms with Crippen molar-refractivity contribution in [1.29, 1.82) is 0 Å². The second-order valence-corrected chi connectivity index (χ2v) is 5.04. The molecule has 4 heteroatoms. The number of nitrogens with zero attached hydrogens (tertiary/aromatic N) is 3. The van der Waals surface area contributed by atoms with Crippen LogP contribution in [-0.2, 0) is 18.9 Å². The van der Waals surface area contributed by atoms with Gasteiger partial charge in [-0.25, -0.2) is 4.98 Å². The Balaban J connectivity index is 2.24. The first-order valence-corrected chi connectivity index (χ1v) is 6.27. The normalized spacial score (nSPS) is 19.9. The quantitative estimate of drug-likeness (QED) is 0.841. The van der Waals surface area contributed by atoms with Gasteiger partial charge in [-0.3, -0.25) is 4.68 Å². The van der Waals surface area contributed by atoms with Crippen LogP contribution in [0.4, 0.5) is 0 Å². The first-order valence-electron chi connectivity index (χ1n) is 6.27. The maximum atomic E-state index is 4.72. The first kappa shape index (κ1) is 11.6. The number of rotatable bonds is 3. The van der Waals surface area contributed by atoms with Gasteiger partial charge in [0.05, 0.1) is 0 Å². The summed E-state index contributed by atoms with van der Waals surface area (Å²) >= 11 is 0. The lowest BCUT2D eigenvalue weighted by Gasteiger charge is -2.32. The number of aromatic nitrogens is 3. The van der Waals surface area contributed by atoms with E-state index < -0.39 is 0 Å². The van der Waals surface area contributed by atoms with Gasteiger partial charge in [0.1, 0.15) is 5.82 Å². The van der Waals surface area contributed by atoms with E-state index in [0.717, 1.165) is 50.4 Å². The minimum absolute atomic E-state index is 0.207. The van der Waals surface area contributed by atoms with E-state index in [1.165, 1.54) is 0 Å². The maximum Gasteiger partial charge on any atom is 0.150 e. The molecular formula is C12H22N4. The molecule has 0 atom stereocenters. The van der Waals surface area contributed by atoms with Crippen LogP contribution in [0.15, 0.2) is 0 Å². The molecule has 0 radical (unpaired) electrons. The molecule has 2 rings (SSSR count). The predicted octanol–water partition coefficient (Wildman–Crippen LogP) is 1.41. The van der Waals surface area contributed by atoms with E-state index in [2.05, 4.69) is 24.3 Å². The summed E-state index contributed by atoms with van der Waals surface area (Å²) < 4.78 is 1.98. The summed E-state index contributed by atoms with van der Waals surface area (Å²) in [7, 11) is 2.02. The van der Waals surface area contributed by atoms with Crippen LogP contribution >= 0.6 is 0 Å². The first-order chi connectivity index (χ1) is 7.65. The monoisotopic (exact) mass is 222 g/mol. The van der Waals surface area contributed by atoms with Gasteiger partial charge in [-0.15, -0.1) is 0 Å². The summed E-state index contributed by atoms with van der Waals surface area (Å²) in [6.45, 7) is 6.66. The Morgan fingerprint density at radius 3 is 2.69 bits per heavy atom. The fraction of sp³-hybridized carbons (Fsp3) is 0.833. The van der Waals surface area contributed by atoms with E-state index in [1.807, 2.05) is 11.7 Å². The van der Waals surface area contributed by atoms with Crippen molar-refractivity contribution < 1.29 is 0 Å². The Bertz CT molecular complexity index is 350. The number of aryl methyl sites for hydroxylation is 2. The van der Waals surface area contributed by atoms with Gasteiger partial charge in [-0.05, 0) is 32.4 Å². The number of hydrogen-bond donors (Lipinski definition) is 1. The van der Waals surface area contributed by atoms with Gasteiger partial charge in [0.15, 0.2) is 5.82 Å². The van der Waals surface area contributed by atoms with Gasteiger partial charge in [-0.1, -0.05) is 13.8 Å². The zero-order valence-corrected chi connectivity index (χ0v) is 10.6. The summed E-state index contributed by atoms with van der Waals surface area (Å²) in [5.74, 6) is 2.16. The van der Waals surface area contributed by atoms with Crippen molar-refractivity contribution in [3.63, 3.8) is 0 Å². The smallest absolute Gasteiger partial charge is 0.150 e. The molecule has 2 heterocycles. The molecule has 0 aromatic carbocycles. The van der Waals surface area contributed by atoms with Crippen molar-refractivity contribution in [2.45, 2.75) is 44.9 Å². The lowest BCUT2D eigenvalue weighted by molar-refractivity contribution is 0.309. The van der Waals surface area contributed by atoms with Crippen LogP contribution < -0.4 is 5.32 Å². The van der Waals surface area contributed by atoms with E-state index in [4.69, 9.17) is 4.98 Å². The van der Waals surface area contributed by atoms with E-state index >= 15 is 0 Å². The second-order valence-electron chi connectivity index (χ2n) is 5.04. The number of nitrogens with one attached hydrogen (secondary N) is 1. The number of hydrogen-bond acceptors (Lipinski definition) is 3. The third-order valence-electron chi connectivity index (χ3n) is 3.53. The van der Waals surface area contributed by atoms with Gasteiger partial charge < -0.3 is 5.32 Å². The molecule has 4 nitrogen and oxygen atoms in total. The highest BCUT2D eigenvalue weighted by Crippen LogP contribution is 2.31. The van der Waals surface area contributed by atoms with Gasteiger partial charge in [0, 0.05) is 18.9 Å². The average molecular weight is 222 g/mol. The Morgan fingerprint density at radius 2 is 2.06 bits per heavy atom. The van der Waals surface area contributed by atoms with Crippen molar-refractivity contribution in [3.8, 4) is 0 Å². The van der Waals surface area contributed by atoms with Crippen molar-refractivity contribution in [2.75, 3.05) is 13.1 Å². The molecule has 1 aliphatic heterocycles. The molecular weight excluding hydrogens is 200 g/mol. The van der Waals surface area contributed by atoms with Crippen molar-refractivity contribution in [3.05, 3.63) is 11.6 Å². The maximum absolute atomic E-state index is 4.72. The Hall–Kier alpha value is -0.900. The average Bonchev–Trinajstić information content (AvgIpc) is 2.62. The third-order valence-corrected chi connectivity index (χ3v) is 3.53. The van der Waals surface area contributed by atoms with Crippen LogP contribution in [0.25, 0.3) is 0 Å². The van der Waals surface area contributed by atoms with Crippen molar-refractivity contribution in [1.82, 2.24) is 20.1 Å². The third kappa shape index (κ3) is 2.12. The molecule has 1 aromatic rings. The summed E-state index contributed by atoms with van der Waals surface area (Å²) in [5.41, 5.74) is 0.207. The van der Waals surface area contributed by atoms with Gasteiger partial charge in [0.25, 0.3) is 0 Å². The zero-order chi connectivity index (χ0) is 11.6. The lowest BCUT2D eigenvalue weighted by Crippen LogP contribution is -2.39. The molecule has 0 spiro atoms. The molecule has 0 bridgehead atoms. The molecule has 90 valence electrons. The highest BCUT2D eigenvalue weighted by Gasteiger charge is 2.33. The van der Waals surface area contributed by atoms with Gasteiger partial charge >= 0.3 is 0 Å². The SMILES string of the molecule is CCCc1nc(C2(C)CCNCC2)n(C)n1. The van der Waals surface area contributed by atoms with Crippen LogP contribution in [0.2, 0.25) is 0 Å². The van der Waals surface area contributed by atoms with Crippen LogP contribution in [0.5, 0.6) is 0 Å². The molecule has 0 unspecified atom stereocenters. The molecule has 16 heavy (non-hydrogen) atoms. The Morgan fingerprint density at radius 1 is 1.38 bits per heavy atom. The molecule has 1 N–H and O–H groups in total. The predicted molar refractivity (Wildman–Crippen MR) is 64.5 cm³/mol. The molecule has 0 aliphatic carbocycles. The zero-order valence-electron chi connectivity index (χ0n) is 10.6. The fourth-order valence-corrected chi connectivity index (χ4v) is 2.49.